The minimum atomic E-state index is 0.337. The molecule has 0 spiro atoms. The lowest BCUT2D eigenvalue weighted by Crippen LogP contribution is -2.48. The zero-order valence-electron chi connectivity index (χ0n) is 12.6. The van der Waals surface area contributed by atoms with Crippen LogP contribution in [0, 0.1) is 0 Å². The molecule has 0 radical (unpaired) electrons. The van der Waals surface area contributed by atoms with Crippen LogP contribution in [0.25, 0.3) is 0 Å². The quantitative estimate of drug-likeness (QED) is 0.638. The fraction of sp³-hybridized carbons (Fsp3) is 1.00. The van der Waals surface area contributed by atoms with Gasteiger partial charge in [-0.15, -0.1) is 0 Å². The maximum Gasteiger partial charge on any atom is 0.0244 e. The minimum absolute atomic E-state index is 0.337. The van der Waals surface area contributed by atoms with Crippen LogP contribution in [0.5, 0.6) is 0 Å². The second kappa shape index (κ2) is 9.86. The molecular formula is C14H33N3. The predicted molar refractivity (Wildman–Crippen MR) is 77.4 cm³/mol. The molecule has 0 heterocycles. The lowest BCUT2D eigenvalue weighted by atomic mass is 10.00. The first-order valence-electron chi connectivity index (χ1n) is 7.21. The van der Waals surface area contributed by atoms with Crippen LogP contribution >= 0.6 is 0 Å². The first-order valence-corrected chi connectivity index (χ1v) is 7.21. The summed E-state index contributed by atoms with van der Waals surface area (Å²) in [5, 5.41) is 0. The van der Waals surface area contributed by atoms with Gasteiger partial charge in [0.15, 0.2) is 0 Å². The van der Waals surface area contributed by atoms with Crippen LogP contribution in [0.15, 0.2) is 0 Å². The molecule has 0 saturated carbocycles. The van der Waals surface area contributed by atoms with E-state index in [9.17, 15) is 0 Å². The van der Waals surface area contributed by atoms with Crippen molar-refractivity contribution < 1.29 is 0 Å². The summed E-state index contributed by atoms with van der Waals surface area (Å²) in [6, 6.07) is 0.895. The number of likely N-dealkylation sites (N-methyl/N-ethyl adjacent to an activating group) is 1. The van der Waals surface area contributed by atoms with E-state index in [2.05, 4.69) is 44.7 Å². The Morgan fingerprint density at radius 3 is 2.12 bits per heavy atom. The van der Waals surface area contributed by atoms with Crippen LogP contribution in [0.3, 0.4) is 0 Å². The number of hydrogen-bond acceptors (Lipinski definition) is 3. The van der Waals surface area contributed by atoms with Crippen molar-refractivity contribution in [2.24, 2.45) is 5.73 Å². The van der Waals surface area contributed by atoms with Crippen molar-refractivity contribution in [2.45, 2.75) is 58.5 Å². The zero-order valence-corrected chi connectivity index (χ0v) is 12.6. The molecule has 104 valence electrons. The third-order valence-electron chi connectivity index (χ3n) is 3.46. The van der Waals surface area contributed by atoms with Crippen molar-refractivity contribution in [1.29, 1.82) is 0 Å². The minimum Gasteiger partial charge on any atom is -0.326 e. The van der Waals surface area contributed by atoms with Gasteiger partial charge in [0.05, 0.1) is 0 Å². The number of hydrogen-bond donors (Lipinski definition) is 1. The van der Waals surface area contributed by atoms with E-state index >= 15 is 0 Å². The Hall–Kier alpha value is -0.120. The Bertz CT molecular complexity index is 171. The Balaban J connectivity index is 4.17. The first-order chi connectivity index (χ1) is 8.06. The molecule has 17 heavy (non-hydrogen) atoms. The molecule has 0 aliphatic rings. The lowest BCUT2D eigenvalue weighted by molar-refractivity contribution is 0.162. The largest absolute Gasteiger partial charge is 0.326 e. The van der Waals surface area contributed by atoms with Crippen molar-refractivity contribution in [3.63, 3.8) is 0 Å². The van der Waals surface area contributed by atoms with E-state index in [0.29, 0.717) is 12.1 Å². The average molecular weight is 243 g/mol. The highest BCUT2D eigenvalue weighted by atomic mass is 15.2. The normalized spacial score (nSPS) is 15.5. The van der Waals surface area contributed by atoms with Crippen LogP contribution in [0.4, 0.5) is 0 Å². The molecule has 0 aromatic heterocycles. The van der Waals surface area contributed by atoms with Crippen molar-refractivity contribution in [2.75, 3.05) is 33.7 Å². The van der Waals surface area contributed by atoms with Crippen molar-refractivity contribution in [3.8, 4) is 0 Å². The van der Waals surface area contributed by atoms with E-state index < -0.39 is 0 Å². The number of nitrogens with two attached hydrogens (primary N) is 1. The third-order valence-corrected chi connectivity index (χ3v) is 3.46. The van der Waals surface area contributed by atoms with Crippen LogP contribution in [0.1, 0.15) is 46.5 Å². The van der Waals surface area contributed by atoms with Gasteiger partial charge in [-0.25, -0.2) is 0 Å². The molecule has 2 unspecified atom stereocenters. The third kappa shape index (κ3) is 7.02. The molecule has 0 bridgehead atoms. The molecule has 0 rings (SSSR count). The second-order valence-corrected chi connectivity index (χ2v) is 5.21. The molecule has 3 nitrogen and oxygen atoms in total. The molecule has 0 aromatic carbocycles. The Labute approximate surface area is 108 Å². The summed E-state index contributed by atoms with van der Waals surface area (Å²) in [6.07, 6.45) is 4.72. The Kier molecular flexibility index (Phi) is 9.79. The van der Waals surface area contributed by atoms with Gasteiger partial charge in [0.2, 0.25) is 0 Å². The highest BCUT2D eigenvalue weighted by Gasteiger charge is 2.21. The molecule has 3 heteroatoms. The summed E-state index contributed by atoms with van der Waals surface area (Å²) >= 11 is 0. The van der Waals surface area contributed by atoms with Crippen LogP contribution in [-0.4, -0.2) is 55.6 Å². The van der Waals surface area contributed by atoms with Crippen LogP contribution in [0.2, 0.25) is 0 Å². The van der Waals surface area contributed by atoms with Crippen LogP contribution < -0.4 is 5.73 Å². The monoisotopic (exact) mass is 243 g/mol. The fourth-order valence-corrected chi connectivity index (χ4v) is 2.51. The van der Waals surface area contributed by atoms with Gasteiger partial charge in [0.1, 0.15) is 0 Å². The van der Waals surface area contributed by atoms with E-state index in [4.69, 9.17) is 5.73 Å². The van der Waals surface area contributed by atoms with Gasteiger partial charge in [-0.05, 0) is 53.0 Å². The molecule has 2 atom stereocenters. The SMILES string of the molecule is CCCC(N)C(CC)N(CC)CCCN(C)C. The highest BCUT2D eigenvalue weighted by molar-refractivity contribution is 4.80. The van der Waals surface area contributed by atoms with Crippen LogP contribution in [-0.2, 0) is 0 Å². The summed E-state index contributed by atoms with van der Waals surface area (Å²) in [4.78, 5) is 4.81. The Morgan fingerprint density at radius 1 is 1.06 bits per heavy atom. The summed E-state index contributed by atoms with van der Waals surface area (Å²) in [5.74, 6) is 0. The van der Waals surface area contributed by atoms with Gasteiger partial charge in [0.25, 0.3) is 0 Å². The molecule has 0 aliphatic carbocycles. The Morgan fingerprint density at radius 2 is 1.71 bits per heavy atom. The molecule has 0 fully saturated rings. The maximum atomic E-state index is 6.29. The van der Waals surface area contributed by atoms with Crippen molar-refractivity contribution in [3.05, 3.63) is 0 Å². The standard InChI is InChI=1S/C14H33N3/c1-6-10-13(15)14(7-2)17(8-3)12-9-11-16(4)5/h13-14H,6-12,15H2,1-5H3. The van der Waals surface area contributed by atoms with E-state index in [1.807, 2.05) is 0 Å². The average Bonchev–Trinajstić information content (AvgIpc) is 2.27. The second-order valence-electron chi connectivity index (χ2n) is 5.21. The van der Waals surface area contributed by atoms with E-state index in [1.165, 1.54) is 19.4 Å². The topological polar surface area (TPSA) is 32.5 Å². The molecule has 0 aromatic rings. The zero-order chi connectivity index (χ0) is 13.3. The molecule has 0 aliphatic heterocycles. The number of rotatable bonds is 10. The van der Waals surface area contributed by atoms with Gasteiger partial charge in [-0.1, -0.05) is 27.2 Å². The highest BCUT2D eigenvalue weighted by Crippen LogP contribution is 2.12. The van der Waals surface area contributed by atoms with Crippen molar-refractivity contribution >= 4 is 0 Å². The summed E-state index contributed by atoms with van der Waals surface area (Å²) < 4.78 is 0. The van der Waals surface area contributed by atoms with Gasteiger partial charge in [-0.2, -0.15) is 0 Å². The summed E-state index contributed by atoms with van der Waals surface area (Å²) in [5.41, 5.74) is 6.29. The van der Waals surface area contributed by atoms with Gasteiger partial charge in [-0.3, -0.25) is 4.90 Å². The lowest BCUT2D eigenvalue weighted by Gasteiger charge is -2.34. The molecule has 0 saturated heterocycles. The predicted octanol–water partition coefficient (Wildman–Crippen LogP) is 2.17. The van der Waals surface area contributed by atoms with E-state index in [0.717, 1.165) is 25.9 Å². The van der Waals surface area contributed by atoms with E-state index in [-0.39, 0.29) is 0 Å². The summed E-state index contributed by atoms with van der Waals surface area (Å²) in [7, 11) is 4.27. The summed E-state index contributed by atoms with van der Waals surface area (Å²) in [6.45, 7) is 10.2. The van der Waals surface area contributed by atoms with Gasteiger partial charge < -0.3 is 10.6 Å². The smallest absolute Gasteiger partial charge is 0.0244 e. The van der Waals surface area contributed by atoms with E-state index in [1.54, 1.807) is 0 Å². The van der Waals surface area contributed by atoms with Crippen molar-refractivity contribution in [1.82, 2.24) is 9.80 Å². The molecular weight excluding hydrogens is 210 g/mol. The maximum absolute atomic E-state index is 6.29. The van der Waals surface area contributed by atoms with Gasteiger partial charge in [0, 0.05) is 12.1 Å². The first kappa shape index (κ1) is 16.9. The molecule has 0 amide bonds. The fourth-order valence-electron chi connectivity index (χ4n) is 2.51. The van der Waals surface area contributed by atoms with Gasteiger partial charge >= 0.3 is 0 Å². The molecule has 2 N–H and O–H groups in total. The number of nitrogens with zero attached hydrogens (tertiary/aromatic N) is 2.